The third kappa shape index (κ3) is 4.42. The first-order chi connectivity index (χ1) is 8.83. The maximum Gasteiger partial charge on any atom is 0.214 e. The van der Waals surface area contributed by atoms with Crippen molar-refractivity contribution in [3.05, 3.63) is 0 Å². The molecule has 1 rings (SSSR count). The monoisotopic (exact) mass is 289 g/mol. The van der Waals surface area contributed by atoms with Crippen LogP contribution in [0.3, 0.4) is 0 Å². The summed E-state index contributed by atoms with van der Waals surface area (Å²) in [5, 5.41) is 9.08. The van der Waals surface area contributed by atoms with Gasteiger partial charge in [0.25, 0.3) is 0 Å². The van der Waals surface area contributed by atoms with Crippen LogP contribution in [-0.4, -0.2) is 68.8 Å². The molecule has 1 fully saturated rings. The van der Waals surface area contributed by atoms with Gasteiger partial charge in [0.1, 0.15) is 5.54 Å². The van der Waals surface area contributed by atoms with Gasteiger partial charge < -0.3 is 4.74 Å². The molecule has 1 saturated heterocycles. The smallest absolute Gasteiger partial charge is 0.214 e. The predicted octanol–water partition coefficient (Wildman–Crippen LogP) is 0.272. The van der Waals surface area contributed by atoms with Crippen molar-refractivity contribution in [3.8, 4) is 6.07 Å². The van der Waals surface area contributed by atoms with Crippen LogP contribution in [0, 0.1) is 11.3 Å². The Balaban J connectivity index is 2.52. The van der Waals surface area contributed by atoms with Crippen molar-refractivity contribution < 1.29 is 13.2 Å². The number of nitriles is 1. The van der Waals surface area contributed by atoms with Gasteiger partial charge in [0.15, 0.2) is 0 Å². The van der Waals surface area contributed by atoms with Crippen molar-refractivity contribution in [2.75, 3.05) is 45.6 Å². The fraction of sp³-hybridized carbons (Fsp3) is 0.917. The summed E-state index contributed by atoms with van der Waals surface area (Å²) in [5.41, 5.74) is -0.536. The lowest BCUT2D eigenvalue weighted by Gasteiger charge is -2.39. The van der Waals surface area contributed by atoms with E-state index in [4.69, 9.17) is 10.00 Å². The molecule has 110 valence electrons. The minimum absolute atomic E-state index is 0.127. The van der Waals surface area contributed by atoms with Gasteiger partial charge in [-0.15, -0.1) is 0 Å². The first-order valence-corrected chi connectivity index (χ1v) is 8.07. The molecule has 0 aromatic rings. The van der Waals surface area contributed by atoms with Gasteiger partial charge in [0, 0.05) is 39.9 Å². The van der Waals surface area contributed by atoms with Crippen molar-refractivity contribution in [2.24, 2.45) is 0 Å². The normalized spacial score (nSPS) is 19.3. The van der Waals surface area contributed by atoms with E-state index < -0.39 is 15.6 Å². The zero-order valence-corrected chi connectivity index (χ0v) is 12.7. The number of ether oxygens (including phenoxy) is 1. The van der Waals surface area contributed by atoms with E-state index in [-0.39, 0.29) is 5.75 Å². The Hall–Kier alpha value is -0.680. The molecule has 0 saturated carbocycles. The highest BCUT2D eigenvalue weighted by Gasteiger charge is 2.33. The Kier molecular flexibility index (Phi) is 5.74. The molecule has 0 aliphatic carbocycles. The lowest BCUT2D eigenvalue weighted by atomic mass is 10.0. The van der Waals surface area contributed by atoms with Crippen LogP contribution in [0.15, 0.2) is 0 Å². The number of nitrogens with zero attached hydrogens (tertiary/aromatic N) is 3. The van der Waals surface area contributed by atoms with Crippen LogP contribution in [0.25, 0.3) is 0 Å². The molecule has 1 heterocycles. The quantitative estimate of drug-likeness (QED) is 0.656. The van der Waals surface area contributed by atoms with Gasteiger partial charge in [-0.2, -0.15) is 9.57 Å². The lowest BCUT2D eigenvalue weighted by molar-refractivity contribution is 0.115. The number of hydrogen-bond acceptors (Lipinski definition) is 5. The summed E-state index contributed by atoms with van der Waals surface area (Å²) in [6, 6.07) is 2.25. The highest BCUT2D eigenvalue weighted by molar-refractivity contribution is 7.89. The number of hydrogen-bond donors (Lipinski definition) is 0. The summed E-state index contributed by atoms with van der Waals surface area (Å²) in [6.07, 6.45) is 0.517. The van der Waals surface area contributed by atoms with Gasteiger partial charge >= 0.3 is 0 Å². The topological polar surface area (TPSA) is 73.6 Å². The van der Waals surface area contributed by atoms with Crippen LogP contribution in [0.4, 0.5) is 0 Å². The summed E-state index contributed by atoms with van der Waals surface area (Å²) < 4.78 is 30.5. The molecule has 0 aromatic heterocycles. The average molecular weight is 289 g/mol. The Labute approximate surface area is 116 Å². The van der Waals surface area contributed by atoms with Crippen molar-refractivity contribution in [3.63, 3.8) is 0 Å². The number of sulfonamides is 1. The van der Waals surface area contributed by atoms with Crippen LogP contribution >= 0.6 is 0 Å². The molecule has 0 bridgehead atoms. The van der Waals surface area contributed by atoms with Crippen LogP contribution in [0.5, 0.6) is 0 Å². The molecule has 0 aromatic carbocycles. The summed E-state index contributed by atoms with van der Waals surface area (Å²) in [5.74, 6) is 0.127. The summed E-state index contributed by atoms with van der Waals surface area (Å²) >= 11 is 0. The SMILES string of the molecule is COCCCS(=O)(=O)N1CCN(C(C)(C)C#N)CC1. The van der Waals surface area contributed by atoms with Gasteiger partial charge in [-0.25, -0.2) is 8.42 Å². The minimum Gasteiger partial charge on any atom is -0.385 e. The number of methoxy groups -OCH3 is 1. The van der Waals surface area contributed by atoms with E-state index in [2.05, 4.69) is 6.07 Å². The molecule has 7 heteroatoms. The molecule has 1 aliphatic heterocycles. The number of piperazine rings is 1. The van der Waals surface area contributed by atoms with Crippen molar-refractivity contribution in [1.29, 1.82) is 5.26 Å². The van der Waals surface area contributed by atoms with Gasteiger partial charge in [0.05, 0.1) is 11.8 Å². The second-order valence-corrected chi connectivity index (χ2v) is 7.31. The van der Waals surface area contributed by atoms with E-state index in [1.54, 1.807) is 7.11 Å². The molecule has 0 spiro atoms. The third-order valence-corrected chi connectivity index (χ3v) is 5.40. The molecule has 0 unspecified atom stereocenters. The Bertz CT molecular complexity index is 420. The molecule has 19 heavy (non-hydrogen) atoms. The fourth-order valence-electron chi connectivity index (χ4n) is 2.11. The van der Waals surface area contributed by atoms with Crippen molar-refractivity contribution >= 4 is 10.0 Å². The molecule has 6 nitrogen and oxygen atoms in total. The van der Waals surface area contributed by atoms with E-state index in [0.29, 0.717) is 39.2 Å². The molecular weight excluding hydrogens is 266 g/mol. The number of rotatable bonds is 6. The first-order valence-electron chi connectivity index (χ1n) is 6.46. The lowest BCUT2D eigenvalue weighted by Crippen LogP contribution is -2.55. The van der Waals surface area contributed by atoms with Gasteiger partial charge in [-0.3, -0.25) is 4.90 Å². The summed E-state index contributed by atoms with van der Waals surface area (Å²) in [7, 11) is -1.62. The van der Waals surface area contributed by atoms with Crippen LogP contribution in [0.2, 0.25) is 0 Å². The Morgan fingerprint density at radius 2 is 1.84 bits per heavy atom. The standard InChI is InChI=1S/C12H23N3O3S/c1-12(2,11-13)14-5-7-15(8-6-14)19(16,17)10-4-9-18-3/h4-10H2,1-3H3. The largest absolute Gasteiger partial charge is 0.385 e. The Morgan fingerprint density at radius 3 is 2.32 bits per heavy atom. The Morgan fingerprint density at radius 1 is 1.26 bits per heavy atom. The summed E-state index contributed by atoms with van der Waals surface area (Å²) in [4.78, 5) is 2.02. The van der Waals surface area contributed by atoms with E-state index in [1.165, 1.54) is 4.31 Å². The average Bonchev–Trinajstić information content (AvgIpc) is 2.39. The van der Waals surface area contributed by atoms with Gasteiger partial charge in [-0.05, 0) is 20.3 Å². The first kappa shape index (κ1) is 16.4. The molecule has 1 aliphatic rings. The van der Waals surface area contributed by atoms with E-state index >= 15 is 0 Å². The molecule has 0 N–H and O–H groups in total. The highest BCUT2D eigenvalue weighted by atomic mass is 32.2. The van der Waals surface area contributed by atoms with Crippen LogP contribution in [0.1, 0.15) is 20.3 Å². The fourth-order valence-corrected chi connectivity index (χ4v) is 3.57. The third-order valence-electron chi connectivity index (χ3n) is 3.45. The van der Waals surface area contributed by atoms with E-state index in [0.717, 1.165) is 0 Å². The van der Waals surface area contributed by atoms with Crippen LogP contribution in [-0.2, 0) is 14.8 Å². The highest BCUT2D eigenvalue weighted by Crippen LogP contribution is 2.17. The minimum atomic E-state index is -3.19. The maximum atomic E-state index is 12.1. The molecular formula is C12H23N3O3S. The molecule has 0 atom stereocenters. The maximum absolute atomic E-state index is 12.1. The zero-order chi connectivity index (χ0) is 14.5. The van der Waals surface area contributed by atoms with Crippen LogP contribution < -0.4 is 0 Å². The molecule has 0 radical (unpaired) electrons. The second kappa shape index (κ2) is 6.66. The predicted molar refractivity (Wildman–Crippen MR) is 73.1 cm³/mol. The van der Waals surface area contributed by atoms with Crippen molar-refractivity contribution in [2.45, 2.75) is 25.8 Å². The van der Waals surface area contributed by atoms with E-state index in [9.17, 15) is 8.42 Å². The van der Waals surface area contributed by atoms with Gasteiger partial charge in [-0.1, -0.05) is 0 Å². The van der Waals surface area contributed by atoms with Crippen molar-refractivity contribution in [1.82, 2.24) is 9.21 Å². The second-order valence-electron chi connectivity index (χ2n) is 5.22. The van der Waals surface area contributed by atoms with E-state index in [1.807, 2.05) is 18.7 Å². The van der Waals surface area contributed by atoms with Gasteiger partial charge in [0.2, 0.25) is 10.0 Å². The summed E-state index contributed by atoms with van der Waals surface area (Å²) in [6.45, 7) is 6.29. The zero-order valence-electron chi connectivity index (χ0n) is 11.9. The molecule has 0 amide bonds.